The van der Waals surface area contributed by atoms with Crippen molar-refractivity contribution in [3.05, 3.63) is 33.8 Å². The van der Waals surface area contributed by atoms with Gasteiger partial charge in [-0.3, -0.25) is 4.72 Å². The van der Waals surface area contributed by atoms with E-state index in [1.807, 2.05) is 0 Å². The molecule has 0 aliphatic heterocycles. The van der Waals surface area contributed by atoms with Gasteiger partial charge in [0.25, 0.3) is 0 Å². The summed E-state index contributed by atoms with van der Waals surface area (Å²) in [4.78, 5) is 13.8. The van der Waals surface area contributed by atoms with Crippen LogP contribution < -0.4 is 10.1 Å². The number of carbonyl (C=O) groups excluding carboxylic acids is 1. The van der Waals surface area contributed by atoms with Crippen molar-refractivity contribution in [3.8, 4) is 0 Å². The lowest BCUT2D eigenvalue weighted by atomic mass is 10.2. The molecule has 122 valence electrons. The molecule has 8 heteroatoms. The number of nitrogens with one attached hydrogen (secondary N) is 2. The summed E-state index contributed by atoms with van der Waals surface area (Å²) in [5, 5.41) is 4.79. The Labute approximate surface area is 145 Å². The second-order valence-corrected chi connectivity index (χ2v) is 6.03. The first-order chi connectivity index (χ1) is 10.6. The number of urea groups is 1. The first-order valence-corrected chi connectivity index (χ1v) is 8.69. The lowest BCUT2D eigenvalue weighted by Crippen LogP contribution is -2.30. The average Bonchev–Trinajstić information content (AvgIpc) is 2.50. The van der Waals surface area contributed by atoms with E-state index in [1.165, 1.54) is 18.2 Å². The predicted octanol–water partition coefficient (Wildman–Crippen LogP) is 3.62. The predicted molar refractivity (Wildman–Crippen MR) is 96.0 cm³/mol. The van der Waals surface area contributed by atoms with Crippen LogP contribution in [-0.4, -0.2) is 42.5 Å². The third-order valence-electron chi connectivity index (χ3n) is 2.93. The van der Waals surface area contributed by atoms with Crippen LogP contribution in [-0.2, 0) is 0 Å². The van der Waals surface area contributed by atoms with Gasteiger partial charge in [-0.05, 0) is 37.2 Å². The van der Waals surface area contributed by atoms with Gasteiger partial charge >= 0.3 is 6.03 Å². The molecule has 0 heterocycles. The molecule has 0 saturated carbocycles. The van der Waals surface area contributed by atoms with Crippen LogP contribution in [0.3, 0.4) is 0 Å². The number of halogens is 2. The first-order valence-electron chi connectivity index (χ1n) is 6.95. The highest BCUT2D eigenvalue weighted by atomic mass is 35.5. The molecule has 5 nitrogen and oxygen atoms in total. The molecule has 2 amide bonds. The summed E-state index contributed by atoms with van der Waals surface area (Å²) in [7, 11) is 0. The van der Waals surface area contributed by atoms with Crippen LogP contribution in [0.4, 0.5) is 4.79 Å². The highest BCUT2D eigenvalue weighted by Crippen LogP contribution is 2.21. The zero-order valence-electron chi connectivity index (χ0n) is 12.6. The number of benzene rings is 1. The molecule has 0 bridgehead atoms. The van der Waals surface area contributed by atoms with Gasteiger partial charge in [0, 0.05) is 17.9 Å². The topological polar surface area (TPSA) is 56.7 Å². The van der Waals surface area contributed by atoms with Crippen molar-refractivity contribution in [1.29, 1.82) is 0 Å². The van der Waals surface area contributed by atoms with Gasteiger partial charge in [0.2, 0.25) is 0 Å². The van der Waals surface area contributed by atoms with Crippen molar-refractivity contribution in [2.75, 3.05) is 25.4 Å². The van der Waals surface area contributed by atoms with Crippen molar-refractivity contribution >= 4 is 47.4 Å². The maximum absolute atomic E-state index is 11.6. The number of rotatable bonds is 8. The van der Waals surface area contributed by atoms with E-state index in [9.17, 15) is 4.79 Å². The van der Waals surface area contributed by atoms with Gasteiger partial charge in [0.15, 0.2) is 0 Å². The molecule has 0 aromatic heterocycles. The van der Waals surface area contributed by atoms with Crippen LogP contribution in [0.5, 0.6) is 0 Å². The number of carbonyl (C=O) groups is 1. The quantitative estimate of drug-likeness (QED) is 0.321. The molecule has 1 aromatic carbocycles. The van der Waals surface area contributed by atoms with Crippen molar-refractivity contribution in [1.82, 2.24) is 15.0 Å². The molecule has 0 unspecified atom stereocenters. The van der Waals surface area contributed by atoms with E-state index >= 15 is 0 Å². The van der Waals surface area contributed by atoms with Gasteiger partial charge in [-0.1, -0.05) is 43.1 Å². The number of hydrogen-bond acceptors (Lipinski definition) is 4. The molecular weight excluding hydrogens is 343 g/mol. The van der Waals surface area contributed by atoms with Gasteiger partial charge < -0.3 is 4.90 Å². The van der Waals surface area contributed by atoms with E-state index in [4.69, 9.17) is 23.2 Å². The average molecular weight is 363 g/mol. The highest BCUT2D eigenvalue weighted by Gasteiger charge is 2.03. The second-order valence-electron chi connectivity index (χ2n) is 4.31. The zero-order valence-corrected chi connectivity index (χ0v) is 14.9. The van der Waals surface area contributed by atoms with Gasteiger partial charge in [-0.2, -0.15) is 5.10 Å². The van der Waals surface area contributed by atoms with Crippen LogP contribution in [0.15, 0.2) is 23.3 Å². The molecule has 0 fully saturated rings. The van der Waals surface area contributed by atoms with Crippen molar-refractivity contribution < 1.29 is 4.79 Å². The van der Waals surface area contributed by atoms with Crippen LogP contribution in [0.2, 0.25) is 10.0 Å². The number of nitrogens with zero attached hydrogens (tertiary/aromatic N) is 2. The number of amides is 2. The molecule has 1 aromatic rings. The largest absolute Gasteiger partial charge is 0.345 e. The minimum absolute atomic E-state index is 0.385. The fourth-order valence-electron chi connectivity index (χ4n) is 1.64. The Morgan fingerprint density at radius 3 is 2.55 bits per heavy atom. The molecule has 2 N–H and O–H groups in total. The summed E-state index contributed by atoms with van der Waals surface area (Å²) >= 11 is 13.3. The normalized spacial score (nSPS) is 11.1. The monoisotopic (exact) mass is 362 g/mol. The molecule has 0 atom stereocenters. The number of hydrogen-bond donors (Lipinski definition) is 2. The summed E-state index contributed by atoms with van der Waals surface area (Å²) < 4.78 is 2.66. The van der Waals surface area contributed by atoms with E-state index in [2.05, 4.69) is 34.0 Å². The lowest BCUT2D eigenvalue weighted by Gasteiger charge is -2.17. The Bertz CT molecular complexity index is 489. The Morgan fingerprint density at radius 2 is 1.95 bits per heavy atom. The zero-order chi connectivity index (χ0) is 16.4. The summed E-state index contributed by atoms with van der Waals surface area (Å²) in [5.74, 6) is 0.815. The summed E-state index contributed by atoms with van der Waals surface area (Å²) in [6.07, 6.45) is 1.42. The third-order valence-corrected chi connectivity index (χ3v) is 4.30. The van der Waals surface area contributed by atoms with Gasteiger partial charge in [0.05, 0.1) is 16.3 Å². The number of hydrazone groups is 1. The fourth-order valence-corrected chi connectivity index (χ4v) is 2.77. The molecule has 0 aliphatic carbocycles. The van der Waals surface area contributed by atoms with E-state index in [0.29, 0.717) is 15.6 Å². The minimum Gasteiger partial charge on any atom is -0.303 e. The molecule has 22 heavy (non-hydrogen) atoms. The van der Waals surface area contributed by atoms with Gasteiger partial charge in [0.1, 0.15) is 0 Å². The Balaban J connectivity index is 2.30. The van der Waals surface area contributed by atoms with E-state index in [0.717, 1.165) is 25.4 Å². The third kappa shape index (κ3) is 6.87. The van der Waals surface area contributed by atoms with Crippen molar-refractivity contribution in [2.45, 2.75) is 13.8 Å². The van der Waals surface area contributed by atoms with Crippen molar-refractivity contribution in [3.63, 3.8) is 0 Å². The maximum Gasteiger partial charge on any atom is 0.345 e. The SMILES string of the molecule is CCN(CC)CCSNC(=O)N/N=C/c1c(Cl)cccc1Cl. The molecule has 0 saturated heterocycles. The van der Waals surface area contributed by atoms with Crippen LogP contribution in [0, 0.1) is 0 Å². The van der Waals surface area contributed by atoms with E-state index in [1.54, 1.807) is 18.2 Å². The molecule has 0 radical (unpaired) electrons. The second kappa shape index (κ2) is 10.7. The molecule has 0 spiro atoms. The molecule has 1 rings (SSSR count). The van der Waals surface area contributed by atoms with Crippen LogP contribution in [0.25, 0.3) is 0 Å². The van der Waals surface area contributed by atoms with Gasteiger partial charge in [-0.25, -0.2) is 10.2 Å². The van der Waals surface area contributed by atoms with Crippen LogP contribution >= 0.6 is 35.1 Å². The first kappa shape index (κ1) is 19.1. The van der Waals surface area contributed by atoms with E-state index < -0.39 is 0 Å². The highest BCUT2D eigenvalue weighted by molar-refractivity contribution is 7.97. The Morgan fingerprint density at radius 1 is 1.32 bits per heavy atom. The van der Waals surface area contributed by atoms with Crippen molar-refractivity contribution in [2.24, 2.45) is 5.10 Å². The lowest BCUT2D eigenvalue weighted by molar-refractivity contribution is 0.247. The Hall–Kier alpha value is -0.950. The fraction of sp³-hybridized carbons (Fsp3) is 0.429. The molecule has 0 aliphatic rings. The summed E-state index contributed by atoms with van der Waals surface area (Å²) in [5.41, 5.74) is 2.94. The summed E-state index contributed by atoms with van der Waals surface area (Å²) in [6.45, 7) is 7.17. The summed E-state index contributed by atoms with van der Waals surface area (Å²) in [6, 6.07) is 4.77. The standard InChI is InChI=1S/C14H20Cl2N4OS/c1-3-20(4-2)8-9-22-19-14(21)18-17-10-11-12(15)6-5-7-13(11)16/h5-7,10H,3-4,8-9H2,1-2H3,(H2,18,19,21)/b17-10+. The van der Waals surface area contributed by atoms with Gasteiger partial charge in [-0.15, -0.1) is 0 Å². The minimum atomic E-state index is -0.385. The Kier molecular flexibility index (Phi) is 9.31. The maximum atomic E-state index is 11.6. The smallest absolute Gasteiger partial charge is 0.303 e. The van der Waals surface area contributed by atoms with Crippen LogP contribution in [0.1, 0.15) is 19.4 Å². The molecular formula is C14H20Cl2N4OS. The van der Waals surface area contributed by atoms with E-state index in [-0.39, 0.29) is 6.03 Å².